The quantitative estimate of drug-likeness (QED) is 0.720. The zero-order valence-corrected chi connectivity index (χ0v) is 14.7. The van der Waals surface area contributed by atoms with Crippen molar-refractivity contribution in [2.75, 3.05) is 13.7 Å². The molecule has 0 aliphatic carbocycles. The van der Waals surface area contributed by atoms with E-state index < -0.39 is 0 Å². The number of hydrogen-bond donors (Lipinski definition) is 1. The van der Waals surface area contributed by atoms with Gasteiger partial charge in [-0.15, -0.1) is 0 Å². The molecule has 5 nitrogen and oxygen atoms in total. The van der Waals surface area contributed by atoms with E-state index in [2.05, 4.69) is 22.0 Å². The topological polar surface area (TPSA) is 56.2 Å². The third-order valence-corrected chi connectivity index (χ3v) is 4.25. The molecule has 3 rings (SSSR count). The summed E-state index contributed by atoms with van der Waals surface area (Å²) >= 11 is 0. The van der Waals surface area contributed by atoms with E-state index in [4.69, 9.17) is 9.72 Å². The van der Waals surface area contributed by atoms with Gasteiger partial charge in [-0.25, -0.2) is 4.98 Å². The number of imidazole rings is 1. The Morgan fingerprint density at radius 1 is 1.16 bits per heavy atom. The molecular weight excluding hydrogens is 314 g/mol. The summed E-state index contributed by atoms with van der Waals surface area (Å²) < 4.78 is 7.68. The molecule has 0 aliphatic rings. The van der Waals surface area contributed by atoms with Crippen LogP contribution in [0.1, 0.15) is 24.7 Å². The maximum Gasteiger partial charge on any atom is 0.219 e. The third-order valence-electron chi connectivity index (χ3n) is 4.25. The molecule has 0 aliphatic heterocycles. The first kappa shape index (κ1) is 17.0. The minimum absolute atomic E-state index is 0.0624. The number of ether oxygens (including phenoxy) is 1. The Bertz CT molecular complexity index is 870. The van der Waals surface area contributed by atoms with Gasteiger partial charge in [-0.2, -0.15) is 0 Å². The number of methoxy groups -OCH3 is 1. The van der Waals surface area contributed by atoms with Gasteiger partial charge in [-0.1, -0.05) is 37.3 Å². The normalized spacial score (nSPS) is 10.8. The Kier molecular flexibility index (Phi) is 5.33. The number of nitrogens with one attached hydrogen (secondary N) is 1. The van der Waals surface area contributed by atoms with Crippen LogP contribution in [-0.4, -0.2) is 29.1 Å². The van der Waals surface area contributed by atoms with E-state index in [0.29, 0.717) is 25.9 Å². The van der Waals surface area contributed by atoms with Crippen LogP contribution in [0, 0.1) is 0 Å². The van der Waals surface area contributed by atoms with Gasteiger partial charge < -0.3 is 14.6 Å². The molecule has 0 bridgehead atoms. The number of nitrogens with zero attached hydrogens (tertiary/aromatic N) is 2. The Morgan fingerprint density at radius 2 is 1.92 bits per heavy atom. The van der Waals surface area contributed by atoms with E-state index in [1.807, 2.05) is 43.3 Å². The standard InChI is InChI=1S/C20H23N3O2/c1-3-20(24)21-13-12-19-22-16-9-5-6-10-17(16)23(19)14-15-8-4-7-11-18(15)25-2/h4-11H,3,12-14H2,1-2H3,(H,21,24). The molecule has 0 radical (unpaired) electrons. The number of carbonyl (C=O) groups is 1. The Balaban J connectivity index is 1.91. The van der Waals surface area contributed by atoms with Crippen molar-refractivity contribution < 1.29 is 9.53 Å². The lowest BCUT2D eigenvalue weighted by molar-refractivity contribution is -0.120. The Hall–Kier alpha value is -2.82. The summed E-state index contributed by atoms with van der Waals surface area (Å²) in [6, 6.07) is 16.1. The van der Waals surface area contributed by atoms with Crippen LogP contribution in [0.15, 0.2) is 48.5 Å². The molecule has 0 saturated heterocycles. The van der Waals surface area contributed by atoms with E-state index in [-0.39, 0.29) is 5.91 Å². The predicted molar refractivity (Wildman–Crippen MR) is 98.8 cm³/mol. The van der Waals surface area contributed by atoms with Crippen LogP contribution in [0.3, 0.4) is 0 Å². The van der Waals surface area contributed by atoms with Gasteiger partial charge in [0.05, 0.1) is 24.7 Å². The van der Waals surface area contributed by atoms with Gasteiger partial charge in [0, 0.05) is 24.9 Å². The van der Waals surface area contributed by atoms with E-state index in [1.165, 1.54) is 0 Å². The molecule has 0 saturated carbocycles. The van der Waals surface area contributed by atoms with Crippen LogP contribution in [0.5, 0.6) is 5.75 Å². The lowest BCUT2D eigenvalue weighted by Crippen LogP contribution is -2.25. The number of aromatic nitrogens is 2. The Morgan fingerprint density at radius 3 is 2.72 bits per heavy atom. The highest BCUT2D eigenvalue weighted by Crippen LogP contribution is 2.23. The van der Waals surface area contributed by atoms with Crippen LogP contribution in [0.2, 0.25) is 0 Å². The molecule has 1 aromatic heterocycles. The second-order valence-corrected chi connectivity index (χ2v) is 5.87. The number of carbonyl (C=O) groups excluding carboxylic acids is 1. The van der Waals surface area contributed by atoms with Gasteiger partial charge in [0.1, 0.15) is 11.6 Å². The van der Waals surface area contributed by atoms with Crippen molar-refractivity contribution >= 4 is 16.9 Å². The molecule has 0 fully saturated rings. The molecule has 0 spiro atoms. The largest absolute Gasteiger partial charge is 0.496 e. The van der Waals surface area contributed by atoms with Gasteiger partial charge >= 0.3 is 0 Å². The summed E-state index contributed by atoms with van der Waals surface area (Å²) in [5.74, 6) is 1.89. The fraction of sp³-hybridized carbons (Fsp3) is 0.300. The first-order valence-electron chi connectivity index (χ1n) is 8.55. The molecule has 0 atom stereocenters. The SMILES string of the molecule is CCC(=O)NCCc1nc2ccccc2n1Cc1ccccc1OC. The van der Waals surface area contributed by atoms with Crippen molar-refractivity contribution in [2.45, 2.75) is 26.3 Å². The summed E-state index contributed by atoms with van der Waals surface area (Å²) in [6.07, 6.45) is 1.19. The zero-order chi connectivity index (χ0) is 17.6. The lowest BCUT2D eigenvalue weighted by atomic mass is 10.2. The lowest BCUT2D eigenvalue weighted by Gasteiger charge is -2.13. The average Bonchev–Trinajstić information content (AvgIpc) is 2.99. The van der Waals surface area contributed by atoms with Crippen molar-refractivity contribution in [2.24, 2.45) is 0 Å². The third kappa shape index (κ3) is 3.82. The van der Waals surface area contributed by atoms with Gasteiger partial charge in [0.25, 0.3) is 0 Å². The summed E-state index contributed by atoms with van der Waals surface area (Å²) in [4.78, 5) is 16.2. The van der Waals surface area contributed by atoms with E-state index in [0.717, 1.165) is 28.2 Å². The smallest absolute Gasteiger partial charge is 0.219 e. The van der Waals surface area contributed by atoms with Crippen molar-refractivity contribution in [3.05, 3.63) is 59.9 Å². The molecule has 1 amide bonds. The van der Waals surface area contributed by atoms with Crippen LogP contribution < -0.4 is 10.1 Å². The van der Waals surface area contributed by atoms with Crippen molar-refractivity contribution in [1.29, 1.82) is 0 Å². The predicted octanol–water partition coefficient (Wildman–Crippen LogP) is 3.16. The maximum atomic E-state index is 11.5. The van der Waals surface area contributed by atoms with Crippen molar-refractivity contribution in [3.8, 4) is 5.75 Å². The van der Waals surface area contributed by atoms with Gasteiger partial charge in [0.15, 0.2) is 0 Å². The van der Waals surface area contributed by atoms with Crippen LogP contribution >= 0.6 is 0 Å². The van der Waals surface area contributed by atoms with Crippen LogP contribution in [-0.2, 0) is 17.8 Å². The number of benzene rings is 2. The zero-order valence-electron chi connectivity index (χ0n) is 14.7. The molecule has 2 aromatic carbocycles. The fourth-order valence-corrected chi connectivity index (χ4v) is 2.94. The molecular formula is C20H23N3O2. The number of fused-ring (bicyclic) bond motifs is 1. The molecule has 0 unspecified atom stereocenters. The highest BCUT2D eigenvalue weighted by atomic mass is 16.5. The first-order valence-corrected chi connectivity index (χ1v) is 8.55. The molecule has 5 heteroatoms. The highest BCUT2D eigenvalue weighted by Gasteiger charge is 2.13. The number of hydrogen-bond acceptors (Lipinski definition) is 3. The number of para-hydroxylation sites is 3. The van der Waals surface area contributed by atoms with Crippen LogP contribution in [0.4, 0.5) is 0 Å². The van der Waals surface area contributed by atoms with E-state index >= 15 is 0 Å². The second-order valence-electron chi connectivity index (χ2n) is 5.87. The van der Waals surface area contributed by atoms with Crippen LogP contribution in [0.25, 0.3) is 11.0 Å². The fourth-order valence-electron chi connectivity index (χ4n) is 2.94. The van der Waals surface area contributed by atoms with Gasteiger partial charge in [-0.3, -0.25) is 4.79 Å². The second kappa shape index (κ2) is 7.83. The molecule has 3 aromatic rings. The minimum Gasteiger partial charge on any atom is -0.496 e. The van der Waals surface area contributed by atoms with Gasteiger partial charge in [-0.05, 0) is 18.2 Å². The van der Waals surface area contributed by atoms with E-state index in [9.17, 15) is 4.79 Å². The monoisotopic (exact) mass is 337 g/mol. The summed E-state index contributed by atoms with van der Waals surface area (Å²) in [5.41, 5.74) is 3.16. The number of rotatable bonds is 7. The average molecular weight is 337 g/mol. The number of amides is 1. The van der Waals surface area contributed by atoms with Crippen molar-refractivity contribution in [3.63, 3.8) is 0 Å². The summed E-state index contributed by atoms with van der Waals surface area (Å²) in [5, 5.41) is 2.92. The highest BCUT2D eigenvalue weighted by molar-refractivity contribution is 5.76. The molecule has 1 N–H and O–H groups in total. The first-order chi connectivity index (χ1) is 12.2. The minimum atomic E-state index is 0.0624. The molecule has 25 heavy (non-hydrogen) atoms. The Labute approximate surface area is 147 Å². The molecule has 130 valence electrons. The summed E-state index contributed by atoms with van der Waals surface area (Å²) in [7, 11) is 1.69. The summed E-state index contributed by atoms with van der Waals surface area (Å²) in [6.45, 7) is 3.12. The van der Waals surface area contributed by atoms with E-state index in [1.54, 1.807) is 7.11 Å². The molecule has 1 heterocycles. The van der Waals surface area contributed by atoms with Gasteiger partial charge in [0.2, 0.25) is 5.91 Å². The maximum absolute atomic E-state index is 11.5. The van der Waals surface area contributed by atoms with Crippen molar-refractivity contribution in [1.82, 2.24) is 14.9 Å².